The Bertz CT molecular complexity index is 523. The van der Waals surface area contributed by atoms with Crippen LogP contribution in [-0.2, 0) is 0 Å². The lowest BCUT2D eigenvalue weighted by Gasteiger charge is -2.21. The minimum absolute atomic E-state index is 0.186. The molecule has 0 aliphatic heterocycles. The van der Waals surface area contributed by atoms with Crippen LogP contribution in [0.5, 0.6) is 0 Å². The molecule has 2 rings (SSSR count). The third-order valence-electron chi connectivity index (χ3n) is 2.86. The van der Waals surface area contributed by atoms with Crippen molar-refractivity contribution in [3.05, 3.63) is 48.0 Å². The molecule has 0 aliphatic carbocycles. The molecule has 0 radical (unpaired) electrons. The van der Waals surface area contributed by atoms with Gasteiger partial charge in [-0.1, -0.05) is 63.2 Å². The average Bonchev–Trinajstić information content (AvgIpc) is 2.34. The van der Waals surface area contributed by atoms with Crippen LogP contribution >= 0.6 is 11.8 Å². The summed E-state index contributed by atoms with van der Waals surface area (Å²) in [4.78, 5) is 0. The van der Waals surface area contributed by atoms with Gasteiger partial charge in [0, 0.05) is 10.5 Å². The number of thioether (sulfide) groups is 1. The quantitative estimate of drug-likeness (QED) is 0.882. The molecule has 96 valence electrons. The summed E-state index contributed by atoms with van der Waals surface area (Å²) in [6.45, 7) is 6.52. The van der Waals surface area contributed by atoms with Crippen LogP contribution in [0.1, 0.15) is 32.4 Å². The third kappa shape index (κ3) is 3.27. The van der Waals surface area contributed by atoms with E-state index < -0.39 is 6.10 Å². The maximum Gasteiger partial charge on any atom is 0.0886 e. The van der Waals surface area contributed by atoms with Gasteiger partial charge in [-0.15, -0.1) is 0 Å². The molecule has 2 aromatic rings. The van der Waals surface area contributed by atoms with Gasteiger partial charge in [-0.05, 0) is 16.3 Å². The molecule has 0 amide bonds. The van der Waals surface area contributed by atoms with Crippen molar-refractivity contribution in [2.45, 2.75) is 31.6 Å². The van der Waals surface area contributed by atoms with Gasteiger partial charge in [0.05, 0.1) is 6.10 Å². The van der Waals surface area contributed by atoms with E-state index in [0.29, 0.717) is 0 Å². The topological polar surface area (TPSA) is 20.2 Å². The zero-order valence-electron chi connectivity index (χ0n) is 11.2. The molecule has 0 aliphatic rings. The Morgan fingerprint density at radius 3 is 2.44 bits per heavy atom. The first-order chi connectivity index (χ1) is 8.47. The van der Waals surface area contributed by atoms with E-state index in [2.05, 4.69) is 39.0 Å². The second-order valence-corrected chi connectivity index (χ2v) is 7.35. The SMILES string of the molecule is CC(C)(C)SCC(O)c1cccc2ccccc12. The van der Waals surface area contributed by atoms with Crippen molar-refractivity contribution in [1.29, 1.82) is 0 Å². The Hall–Kier alpha value is -0.990. The fraction of sp³-hybridized carbons (Fsp3) is 0.375. The normalized spacial score (nSPS) is 13.8. The number of hydrogen-bond acceptors (Lipinski definition) is 2. The molecule has 2 heteroatoms. The van der Waals surface area contributed by atoms with E-state index in [1.54, 1.807) is 11.8 Å². The van der Waals surface area contributed by atoms with Gasteiger partial charge in [0.1, 0.15) is 0 Å². The fourth-order valence-electron chi connectivity index (χ4n) is 1.96. The lowest BCUT2D eigenvalue weighted by molar-refractivity contribution is 0.205. The standard InChI is InChI=1S/C16H20OS/c1-16(2,3)18-11-15(17)14-10-6-8-12-7-4-5-9-13(12)14/h4-10,15,17H,11H2,1-3H3. The van der Waals surface area contributed by atoms with Crippen LogP contribution < -0.4 is 0 Å². The summed E-state index contributed by atoms with van der Waals surface area (Å²) in [5.41, 5.74) is 1.03. The first kappa shape index (κ1) is 13.4. The Morgan fingerprint density at radius 1 is 1.06 bits per heavy atom. The minimum Gasteiger partial charge on any atom is -0.388 e. The van der Waals surface area contributed by atoms with Crippen LogP contribution in [0.25, 0.3) is 10.8 Å². The van der Waals surface area contributed by atoms with Crippen LogP contribution in [0.4, 0.5) is 0 Å². The number of aliphatic hydroxyl groups excluding tert-OH is 1. The van der Waals surface area contributed by atoms with E-state index in [-0.39, 0.29) is 4.75 Å². The molecular formula is C16H20OS. The predicted molar refractivity (Wildman–Crippen MR) is 81.1 cm³/mol. The monoisotopic (exact) mass is 260 g/mol. The summed E-state index contributed by atoms with van der Waals surface area (Å²) in [5, 5.41) is 12.7. The van der Waals surface area contributed by atoms with Gasteiger partial charge < -0.3 is 5.11 Å². The molecule has 1 nitrogen and oxygen atoms in total. The van der Waals surface area contributed by atoms with Gasteiger partial charge in [-0.2, -0.15) is 11.8 Å². The molecule has 0 fully saturated rings. The van der Waals surface area contributed by atoms with Crippen molar-refractivity contribution in [1.82, 2.24) is 0 Å². The molecule has 0 heterocycles. The molecule has 0 bridgehead atoms. The number of fused-ring (bicyclic) bond motifs is 1. The number of benzene rings is 2. The summed E-state index contributed by atoms with van der Waals surface area (Å²) in [5.74, 6) is 0.734. The summed E-state index contributed by atoms with van der Waals surface area (Å²) < 4.78 is 0.186. The molecular weight excluding hydrogens is 240 g/mol. The first-order valence-corrected chi connectivity index (χ1v) is 7.25. The van der Waals surface area contributed by atoms with Gasteiger partial charge in [0.25, 0.3) is 0 Å². The van der Waals surface area contributed by atoms with Gasteiger partial charge in [0.2, 0.25) is 0 Å². The second kappa shape index (κ2) is 5.33. The predicted octanol–water partition coefficient (Wildman–Crippen LogP) is 4.40. The van der Waals surface area contributed by atoms with Crippen molar-refractivity contribution in [2.75, 3.05) is 5.75 Å². The molecule has 0 saturated carbocycles. The Labute approximate surface area is 113 Å². The number of rotatable bonds is 3. The van der Waals surface area contributed by atoms with Gasteiger partial charge in [-0.3, -0.25) is 0 Å². The van der Waals surface area contributed by atoms with Crippen LogP contribution in [0, 0.1) is 0 Å². The highest BCUT2D eigenvalue weighted by Crippen LogP contribution is 2.31. The fourth-order valence-corrected chi connectivity index (χ4v) is 2.80. The largest absolute Gasteiger partial charge is 0.388 e. The van der Waals surface area contributed by atoms with E-state index in [1.807, 2.05) is 24.3 Å². The van der Waals surface area contributed by atoms with Crippen LogP contribution in [-0.4, -0.2) is 15.6 Å². The maximum absolute atomic E-state index is 10.4. The van der Waals surface area contributed by atoms with E-state index >= 15 is 0 Å². The maximum atomic E-state index is 10.4. The molecule has 2 aromatic carbocycles. The van der Waals surface area contributed by atoms with Crippen LogP contribution in [0.15, 0.2) is 42.5 Å². The van der Waals surface area contributed by atoms with Crippen molar-refractivity contribution < 1.29 is 5.11 Å². The summed E-state index contributed by atoms with van der Waals surface area (Å²) >= 11 is 1.80. The second-order valence-electron chi connectivity index (χ2n) is 5.51. The van der Waals surface area contributed by atoms with E-state index in [4.69, 9.17) is 0 Å². The summed E-state index contributed by atoms with van der Waals surface area (Å²) in [7, 11) is 0. The van der Waals surface area contributed by atoms with Crippen LogP contribution in [0.2, 0.25) is 0 Å². The molecule has 0 aromatic heterocycles. The number of aliphatic hydroxyl groups is 1. The molecule has 0 saturated heterocycles. The van der Waals surface area contributed by atoms with Crippen molar-refractivity contribution in [3.8, 4) is 0 Å². The zero-order chi connectivity index (χ0) is 13.2. The molecule has 18 heavy (non-hydrogen) atoms. The van der Waals surface area contributed by atoms with Gasteiger partial charge >= 0.3 is 0 Å². The first-order valence-electron chi connectivity index (χ1n) is 6.27. The smallest absolute Gasteiger partial charge is 0.0886 e. The highest BCUT2D eigenvalue weighted by atomic mass is 32.2. The van der Waals surface area contributed by atoms with Crippen molar-refractivity contribution in [2.24, 2.45) is 0 Å². The Morgan fingerprint density at radius 2 is 1.72 bits per heavy atom. The zero-order valence-corrected chi connectivity index (χ0v) is 12.0. The average molecular weight is 260 g/mol. The van der Waals surface area contributed by atoms with Crippen molar-refractivity contribution in [3.63, 3.8) is 0 Å². The Kier molecular flexibility index (Phi) is 3.98. The molecule has 0 spiro atoms. The minimum atomic E-state index is -0.402. The summed E-state index contributed by atoms with van der Waals surface area (Å²) in [6.07, 6.45) is -0.402. The highest BCUT2D eigenvalue weighted by molar-refractivity contribution is 8.00. The summed E-state index contributed by atoms with van der Waals surface area (Å²) in [6, 6.07) is 14.3. The van der Waals surface area contributed by atoms with Crippen molar-refractivity contribution >= 4 is 22.5 Å². The molecule has 1 N–H and O–H groups in total. The van der Waals surface area contributed by atoms with E-state index in [9.17, 15) is 5.11 Å². The lowest BCUT2D eigenvalue weighted by atomic mass is 10.0. The van der Waals surface area contributed by atoms with E-state index in [0.717, 1.165) is 16.7 Å². The number of hydrogen-bond donors (Lipinski definition) is 1. The van der Waals surface area contributed by atoms with Crippen LogP contribution in [0.3, 0.4) is 0 Å². The lowest BCUT2D eigenvalue weighted by Crippen LogP contribution is -2.12. The molecule has 1 unspecified atom stereocenters. The van der Waals surface area contributed by atoms with Gasteiger partial charge in [-0.25, -0.2) is 0 Å². The van der Waals surface area contributed by atoms with E-state index in [1.165, 1.54) is 5.39 Å². The highest BCUT2D eigenvalue weighted by Gasteiger charge is 2.16. The molecule has 1 atom stereocenters. The third-order valence-corrected chi connectivity index (χ3v) is 4.21. The Balaban J connectivity index is 2.25. The van der Waals surface area contributed by atoms with Gasteiger partial charge in [0.15, 0.2) is 0 Å².